The Morgan fingerprint density at radius 1 is 1.38 bits per heavy atom. The number of rotatable bonds is 6. The van der Waals surface area contributed by atoms with Gasteiger partial charge in [-0.3, -0.25) is 4.79 Å². The van der Waals surface area contributed by atoms with Crippen molar-refractivity contribution in [2.45, 2.75) is 73.6 Å². The van der Waals surface area contributed by atoms with Crippen molar-refractivity contribution in [3.05, 3.63) is 21.0 Å². The maximum atomic E-state index is 12.6. The lowest BCUT2D eigenvalue weighted by Gasteiger charge is -2.50. The van der Waals surface area contributed by atoms with Gasteiger partial charge in [0.25, 0.3) is 5.56 Å². The molecule has 148 valence electrons. The minimum atomic E-state index is -0.118. The summed E-state index contributed by atoms with van der Waals surface area (Å²) < 4.78 is 7.52. The zero-order chi connectivity index (χ0) is 19.6. The summed E-state index contributed by atoms with van der Waals surface area (Å²) in [5.74, 6) is 1.74. The van der Waals surface area contributed by atoms with Crippen molar-refractivity contribution in [2.75, 3.05) is 11.9 Å². The normalized spacial score (nSPS) is 28.3. The van der Waals surface area contributed by atoms with Gasteiger partial charge in [-0.15, -0.1) is 0 Å². The quantitative estimate of drug-likeness (QED) is 0.722. The smallest absolute Gasteiger partial charge is 0.283 e. The number of hydrogen-bond donors (Lipinski definition) is 1. The Morgan fingerprint density at radius 2 is 2.04 bits per heavy atom. The van der Waals surface area contributed by atoms with Gasteiger partial charge in [-0.1, -0.05) is 34.6 Å². The molecule has 5 nitrogen and oxygen atoms in total. The molecular weight excluding hydrogens is 394 g/mol. The molecule has 1 N–H and O–H groups in total. The molecular formula is C20H34BrN3O2. The van der Waals surface area contributed by atoms with Gasteiger partial charge in [0.1, 0.15) is 4.47 Å². The summed E-state index contributed by atoms with van der Waals surface area (Å²) in [7, 11) is 0. The Hall–Kier alpha value is -0.880. The van der Waals surface area contributed by atoms with Crippen LogP contribution in [0.5, 0.6) is 0 Å². The molecule has 0 aliphatic heterocycles. The zero-order valence-corrected chi connectivity index (χ0v) is 18.8. The first-order valence-corrected chi connectivity index (χ1v) is 10.5. The van der Waals surface area contributed by atoms with Crippen LogP contribution in [0.4, 0.5) is 5.69 Å². The molecule has 1 heterocycles. The van der Waals surface area contributed by atoms with Crippen LogP contribution in [0.25, 0.3) is 0 Å². The number of nitrogens with zero attached hydrogens (tertiary/aromatic N) is 2. The lowest BCUT2D eigenvalue weighted by molar-refractivity contribution is 0.0316. The van der Waals surface area contributed by atoms with Gasteiger partial charge in [-0.25, -0.2) is 4.68 Å². The van der Waals surface area contributed by atoms with Crippen LogP contribution in [0.3, 0.4) is 0 Å². The fourth-order valence-corrected chi connectivity index (χ4v) is 4.29. The van der Waals surface area contributed by atoms with E-state index in [4.69, 9.17) is 4.74 Å². The number of nitrogens with one attached hydrogen (secondary N) is 1. The second kappa shape index (κ2) is 8.42. The number of halogens is 1. The van der Waals surface area contributed by atoms with Crippen LogP contribution in [0.2, 0.25) is 0 Å². The Labute approximate surface area is 166 Å². The first-order valence-electron chi connectivity index (χ1n) is 9.69. The van der Waals surface area contributed by atoms with Gasteiger partial charge in [-0.2, -0.15) is 5.10 Å². The summed E-state index contributed by atoms with van der Waals surface area (Å²) >= 11 is 3.47. The Bertz CT molecular complexity index is 672. The van der Waals surface area contributed by atoms with E-state index >= 15 is 0 Å². The minimum Gasteiger partial charge on any atom is -0.380 e. The topological polar surface area (TPSA) is 56.1 Å². The highest BCUT2D eigenvalue weighted by molar-refractivity contribution is 9.10. The Morgan fingerprint density at radius 3 is 2.65 bits per heavy atom. The van der Waals surface area contributed by atoms with E-state index in [0.717, 1.165) is 12.1 Å². The molecule has 6 heteroatoms. The molecule has 1 aromatic rings. The second-order valence-electron chi connectivity index (χ2n) is 8.68. The van der Waals surface area contributed by atoms with Gasteiger partial charge in [0.05, 0.1) is 31.1 Å². The Balaban J connectivity index is 2.13. The molecule has 0 bridgehead atoms. The van der Waals surface area contributed by atoms with E-state index in [0.29, 0.717) is 46.8 Å². The minimum absolute atomic E-state index is 0.118. The van der Waals surface area contributed by atoms with Gasteiger partial charge < -0.3 is 10.1 Å². The van der Waals surface area contributed by atoms with E-state index in [1.54, 1.807) is 6.20 Å². The monoisotopic (exact) mass is 427 g/mol. The Kier molecular flexibility index (Phi) is 6.94. The standard InChI is InChI=1S/C20H34BrN3O2/c1-12(2)26-9-8-24-19(25)18(21)17(11-22-24)23-16-10-13(3)20(6,7)15(5)14(16)4/h11-16,23H,8-10H2,1-7H3/t13-,14+,15+,16+/m0/s1. The SMILES string of the molecule is CC(C)OCCn1ncc(N[C@@H]2C[C@H](C)C(C)(C)[C@H](C)[C@H]2C)c(Br)c1=O. The predicted octanol–water partition coefficient (Wildman–Crippen LogP) is 4.55. The van der Waals surface area contributed by atoms with Crippen molar-refractivity contribution in [2.24, 2.45) is 23.2 Å². The molecule has 0 unspecified atom stereocenters. The van der Waals surface area contributed by atoms with E-state index < -0.39 is 0 Å². The zero-order valence-electron chi connectivity index (χ0n) is 17.2. The van der Waals surface area contributed by atoms with Gasteiger partial charge in [-0.05, 0) is 59.4 Å². The third-order valence-electron chi connectivity index (χ3n) is 6.55. The van der Waals surface area contributed by atoms with Gasteiger partial charge >= 0.3 is 0 Å². The molecule has 1 aromatic heterocycles. The van der Waals surface area contributed by atoms with Gasteiger partial charge in [0.15, 0.2) is 0 Å². The maximum Gasteiger partial charge on any atom is 0.283 e. The summed E-state index contributed by atoms with van der Waals surface area (Å²) in [6.07, 6.45) is 3.00. The molecule has 1 saturated carbocycles. The molecule has 0 amide bonds. The van der Waals surface area contributed by atoms with Crippen molar-refractivity contribution in [1.29, 1.82) is 0 Å². The first kappa shape index (κ1) is 21.4. The fourth-order valence-electron chi connectivity index (χ4n) is 3.86. The van der Waals surface area contributed by atoms with Gasteiger partial charge in [0, 0.05) is 6.04 Å². The van der Waals surface area contributed by atoms with Crippen LogP contribution in [0.1, 0.15) is 54.9 Å². The highest BCUT2D eigenvalue weighted by atomic mass is 79.9. The fraction of sp³-hybridized carbons (Fsp3) is 0.800. The number of ether oxygens (including phenoxy) is 1. The molecule has 0 aromatic carbocycles. The summed E-state index contributed by atoms with van der Waals surface area (Å²) in [6, 6.07) is 0.339. The molecule has 4 atom stereocenters. The predicted molar refractivity (Wildman–Crippen MR) is 111 cm³/mol. The first-order chi connectivity index (χ1) is 12.1. The summed E-state index contributed by atoms with van der Waals surface area (Å²) in [5, 5.41) is 7.91. The summed E-state index contributed by atoms with van der Waals surface area (Å²) in [4.78, 5) is 12.6. The van der Waals surface area contributed by atoms with E-state index in [-0.39, 0.29) is 11.7 Å². The molecule has 1 aliphatic rings. The van der Waals surface area contributed by atoms with Gasteiger partial charge in [0.2, 0.25) is 0 Å². The second-order valence-corrected chi connectivity index (χ2v) is 9.47. The molecule has 1 aliphatic carbocycles. The molecule has 1 fully saturated rings. The van der Waals surface area contributed by atoms with Crippen molar-refractivity contribution in [3.63, 3.8) is 0 Å². The highest BCUT2D eigenvalue weighted by Gasteiger charge is 2.43. The van der Waals surface area contributed by atoms with Crippen molar-refractivity contribution in [3.8, 4) is 0 Å². The van der Waals surface area contributed by atoms with Crippen LogP contribution in [0.15, 0.2) is 15.5 Å². The summed E-state index contributed by atoms with van der Waals surface area (Å²) in [6.45, 7) is 16.6. The highest BCUT2D eigenvalue weighted by Crippen LogP contribution is 2.48. The molecule has 0 saturated heterocycles. The largest absolute Gasteiger partial charge is 0.380 e. The average Bonchev–Trinajstić information content (AvgIpc) is 2.57. The lowest BCUT2D eigenvalue weighted by Crippen LogP contribution is -2.48. The lowest BCUT2D eigenvalue weighted by atomic mass is 9.58. The van der Waals surface area contributed by atoms with Crippen molar-refractivity contribution in [1.82, 2.24) is 9.78 Å². The molecule has 2 rings (SSSR count). The van der Waals surface area contributed by atoms with E-state index in [2.05, 4.69) is 61.0 Å². The van der Waals surface area contributed by atoms with Crippen LogP contribution >= 0.6 is 15.9 Å². The van der Waals surface area contributed by atoms with Crippen LogP contribution in [-0.4, -0.2) is 28.5 Å². The van der Waals surface area contributed by atoms with E-state index in [9.17, 15) is 4.79 Å². The molecule has 0 radical (unpaired) electrons. The average molecular weight is 428 g/mol. The molecule has 0 spiro atoms. The van der Waals surface area contributed by atoms with Crippen molar-refractivity contribution >= 4 is 21.6 Å². The van der Waals surface area contributed by atoms with Crippen LogP contribution in [-0.2, 0) is 11.3 Å². The van der Waals surface area contributed by atoms with E-state index in [1.807, 2.05) is 13.8 Å². The maximum absolute atomic E-state index is 12.6. The summed E-state index contributed by atoms with van der Waals surface area (Å²) in [5.41, 5.74) is 0.992. The number of aromatic nitrogens is 2. The number of anilines is 1. The number of hydrogen-bond acceptors (Lipinski definition) is 4. The van der Waals surface area contributed by atoms with E-state index in [1.165, 1.54) is 4.68 Å². The third kappa shape index (κ3) is 4.50. The third-order valence-corrected chi connectivity index (χ3v) is 7.32. The van der Waals surface area contributed by atoms with Crippen molar-refractivity contribution < 1.29 is 4.74 Å². The van der Waals surface area contributed by atoms with Crippen LogP contribution in [0, 0.1) is 23.2 Å². The van der Waals surface area contributed by atoms with Crippen LogP contribution < -0.4 is 10.9 Å². The molecule has 26 heavy (non-hydrogen) atoms.